The molecule has 5 heterocycles. The van der Waals surface area contributed by atoms with Gasteiger partial charge in [-0.05, 0) is 12.0 Å². The van der Waals surface area contributed by atoms with Crippen molar-refractivity contribution in [1.29, 1.82) is 0 Å². The van der Waals surface area contributed by atoms with Crippen molar-refractivity contribution in [3.63, 3.8) is 0 Å². The molecule has 1 atom stereocenters. The van der Waals surface area contributed by atoms with Crippen molar-refractivity contribution >= 4 is 27.4 Å². The second-order valence-electron chi connectivity index (χ2n) is 8.31. The van der Waals surface area contributed by atoms with Crippen molar-refractivity contribution in [2.75, 3.05) is 31.6 Å². The first kappa shape index (κ1) is 19.8. The molecule has 2 aliphatic heterocycles. The van der Waals surface area contributed by atoms with Crippen molar-refractivity contribution in [2.45, 2.75) is 32.0 Å². The summed E-state index contributed by atoms with van der Waals surface area (Å²) in [5.74, 6) is 2.84. The maximum Gasteiger partial charge on any atom is 0.146 e. The third-order valence-corrected chi connectivity index (χ3v) is 7.05. The van der Waals surface area contributed by atoms with E-state index >= 15 is 0 Å². The van der Waals surface area contributed by atoms with Gasteiger partial charge in [0.1, 0.15) is 28.6 Å². The van der Waals surface area contributed by atoms with Crippen LogP contribution < -0.4 is 5.32 Å². The Balaban J connectivity index is 1.37. The fourth-order valence-corrected chi connectivity index (χ4v) is 5.47. The molecule has 32 heavy (non-hydrogen) atoms. The standard InChI is InChI=1S/C23H25N7OS/c1-2-4-16(5-3-1)18-14-32-23-21(18)22(26-17-6-7-20-24-15-25-30(20)12-17)27-19(28-23)13-29-8-10-31-11-9-29/h1-5,14-15,17H,6-13H2,(H,26,27,28). The number of rotatable bonds is 5. The van der Waals surface area contributed by atoms with Gasteiger partial charge in [-0.3, -0.25) is 4.90 Å². The predicted octanol–water partition coefficient (Wildman–Crippen LogP) is 3.21. The average molecular weight is 448 g/mol. The van der Waals surface area contributed by atoms with Crippen LogP contribution in [0.1, 0.15) is 18.1 Å². The van der Waals surface area contributed by atoms with Crippen LogP contribution in [0.5, 0.6) is 0 Å². The molecule has 1 aromatic carbocycles. The van der Waals surface area contributed by atoms with E-state index in [0.29, 0.717) is 0 Å². The summed E-state index contributed by atoms with van der Waals surface area (Å²) < 4.78 is 7.50. The van der Waals surface area contributed by atoms with E-state index in [4.69, 9.17) is 14.7 Å². The Morgan fingerprint density at radius 2 is 2.00 bits per heavy atom. The lowest BCUT2D eigenvalue weighted by Crippen LogP contribution is -2.36. The van der Waals surface area contributed by atoms with E-state index in [1.807, 2.05) is 10.7 Å². The van der Waals surface area contributed by atoms with E-state index in [1.54, 1.807) is 17.7 Å². The van der Waals surface area contributed by atoms with Crippen molar-refractivity contribution in [2.24, 2.45) is 0 Å². The van der Waals surface area contributed by atoms with Crippen molar-refractivity contribution < 1.29 is 4.74 Å². The lowest BCUT2D eigenvalue weighted by atomic mass is 10.0. The molecule has 1 N–H and O–H groups in total. The SMILES string of the molecule is c1ccc(-c2csc3nc(CN4CCOCC4)nc(NC4CCc5ncnn5C4)c23)cc1. The molecule has 0 spiro atoms. The van der Waals surface area contributed by atoms with Crippen molar-refractivity contribution in [1.82, 2.24) is 29.6 Å². The fourth-order valence-electron chi connectivity index (χ4n) is 4.50. The summed E-state index contributed by atoms with van der Waals surface area (Å²) >= 11 is 1.69. The van der Waals surface area contributed by atoms with Crippen LogP contribution in [0.3, 0.4) is 0 Å². The van der Waals surface area contributed by atoms with Gasteiger partial charge in [-0.25, -0.2) is 19.6 Å². The highest BCUT2D eigenvalue weighted by Gasteiger charge is 2.23. The number of nitrogens with zero attached hydrogens (tertiary/aromatic N) is 6. The van der Waals surface area contributed by atoms with Crippen molar-refractivity contribution in [3.8, 4) is 11.1 Å². The van der Waals surface area contributed by atoms with E-state index in [0.717, 1.165) is 79.9 Å². The molecule has 1 fully saturated rings. The molecule has 8 nitrogen and oxygen atoms in total. The maximum atomic E-state index is 5.50. The van der Waals surface area contributed by atoms with Gasteiger partial charge in [0.15, 0.2) is 0 Å². The summed E-state index contributed by atoms with van der Waals surface area (Å²) in [6.45, 7) is 4.91. The molecule has 0 aliphatic carbocycles. The number of benzene rings is 1. The van der Waals surface area contributed by atoms with Gasteiger partial charge in [0.2, 0.25) is 0 Å². The number of nitrogens with one attached hydrogen (secondary N) is 1. The molecule has 0 radical (unpaired) electrons. The second-order valence-corrected chi connectivity index (χ2v) is 9.17. The Morgan fingerprint density at radius 3 is 2.88 bits per heavy atom. The van der Waals surface area contributed by atoms with Crippen LogP contribution >= 0.6 is 11.3 Å². The number of fused-ring (bicyclic) bond motifs is 2. The molecule has 0 bridgehead atoms. The second kappa shape index (κ2) is 8.57. The highest BCUT2D eigenvalue weighted by Crippen LogP contribution is 2.37. The Kier molecular flexibility index (Phi) is 5.30. The summed E-state index contributed by atoms with van der Waals surface area (Å²) in [5.41, 5.74) is 2.37. The van der Waals surface area contributed by atoms with E-state index in [1.165, 1.54) is 11.1 Å². The van der Waals surface area contributed by atoms with E-state index < -0.39 is 0 Å². The molecule has 1 saturated heterocycles. The molecular weight excluding hydrogens is 422 g/mol. The summed E-state index contributed by atoms with van der Waals surface area (Å²) in [6.07, 6.45) is 3.57. The number of aryl methyl sites for hydroxylation is 1. The number of morpholine rings is 1. The Labute approximate surface area is 190 Å². The van der Waals surface area contributed by atoms with Crippen LogP contribution in [0.2, 0.25) is 0 Å². The number of aromatic nitrogens is 5. The van der Waals surface area contributed by atoms with Crippen LogP contribution in [-0.4, -0.2) is 62.0 Å². The summed E-state index contributed by atoms with van der Waals surface area (Å²) in [7, 11) is 0. The van der Waals surface area contributed by atoms with Crippen molar-refractivity contribution in [3.05, 3.63) is 53.7 Å². The lowest BCUT2D eigenvalue weighted by Gasteiger charge is -2.27. The first-order valence-corrected chi connectivity index (χ1v) is 12.0. The van der Waals surface area contributed by atoms with Crippen LogP contribution in [0.25, 0.3) is 21.3 Å². The van der Waals surface area contributed by atoms with E-state index in [9.17, 15) is 0 Å². The third kappa shape index (κ3) is 3.87. The summed E-state index contributed by atoms with van der Waals surface area (Å²) in [6, 6.07) is 10.7. The number of hydrogen-bond acceptors (Lipinski definition) is 8. The molecule has 6 rings (SSSR count). The first-order chi connectivity index (χ1) is 15.8. The summed E-state index contributed by atoms with van der Waals surface area (Å²) in [4.78, 5) is 17.8. The Hall–Kier alpha value is -2.88. The predicted molar refractivity (Wildman–Crippen MR) is 125 cm³/mol. The fraction of sp³-hybridized carbons (Fsp3) is 0.391. The van der Waals surface area contributed by atoms with Gasteiger partial charge in [0.25, 0.3) is 0 Å². The molecule has 164 valence electrons. The van der Waals surface area contributed by atoms with Gasteiger partial charge in [-0.2, -0.15) is 5.10 Å². The number of anilines is 1. The number of ether oxygens (including phenoxy) is 1. The molecule has 3 aromatic heterocycles. The minimum absolute atomic E-state index is 0.252. The maximum absolute atomic E-state index is 5.50. The molecule has 0 amide bonds. The minimum Gasteiger partial charge on any atom is -0.379 e. The smallest absolute Gasteiger partial charge is 0.146 e. The van der Waals surface area contributed by atoms with Gasteiger partial charge in [-0.15, -0.1) is 11.3 Å². The van der Waals surface area contributed by atoms with Crippen LogP contribution in [-0.2, 0) is 24.2 Å². The zero-order chi connectivity index (χ0) is 21.3. The van der Waals surface area contributed by atoms with E-state index in [2.05, 4.69) is 49.9 Å². The number of thiophene rings is 1. The normalized spacial score (nSPS) is 19.2. The molecule has 0 saturated carbocycles. The highest BCUT2D eigenvalue weighted by atomic mass is 32.1. The monoisotopic (exact) mass is 447 g/mol. The Morgan fingerprint density at radius 1 is 1.12 bits per heavy atom. The topological polar surface area (TPSA) is 81.0 Å². The van der Waals surface area contributed by atoms with Crippen LogP contribution in [0, 0.1) is 0 Å². The average Bonchev–Trinajstić information content (AvgIpc) is 3.47. The quantitative estimate of drug-likeness (QED) is 0.503. The molecule has 4 aromatic rings. The Bertz CT molecular complexity index is 1220. The molecule has 9 heteroatoms. The zero-order valence-corrected chi connectivity index (χ0v) is 18.6. The third-order valence-electron chi connectivity index (χ3n) is 6.18. The highest BCUT2D eigenvalue weighted by molar-refractivity contribution is 7.17. The van der Waals surface area contributed by atoms with Gasteiger partial charge in [0.05, 0.1) is 31.7 Å². The van der Waals surface area contributed by atoms with Crippen LogP contribution in [0.4, 0.5) is 5.82 Å². The zero-order valence-electron chi connectivity index (χ0n) is 17.8. The largest absolute Gasteiger partial charge is 0.379 e. The lowest BCUT2D eigenvalue weighted by molar-refractivity contribution is 0.0331. The van der Waals surface area contributed by atoms with E-state index in [-0.39, 0.29) is 6.04 Å². The van der Waals surface area contributed by atoms with Gasteiger partial charge < -0.3 is 10.1 Å². The van der Waals surface area contributed by atoms with Gasteiger partial charge in [0, 0.05) is 36.5 Å². The first-order valence-electron chi connectivity index (χ1n) is 11.1. The molecular formula is C23H25N7OS. The minimum atomic E-state index is 0.252. The van der Waals surface area contributed by atoms with Gasteiger partial charge in [-0.1, -0.05) is 30.3 Å². The number of hydrogen-bond donors (Lipinski definition) is 1. The summed E-state index contributed by atoms with van der Waals surface area (Å²) in [5, 5.41) is 11.4. The van der Waals surface area contributed by atoms with Crippen LogP contribution in [0.15, 0.2) is 42.0 Å². The molecule has 1 unspecified atom stereocenters. The van der Waals surface area contributed by atoms with Gasteiger partial charge >= 0.3 is 0 Å². The molecule has 2 aliphatic rings.